The van der Waals surface area contributed by atoms with Crippen molar-refractivity contribution >= 4 is 39.2 Å². The number of hydrogen-bond acceptors (Lipinski definition) is 5. The molecule has 1 amide bonds. The van der Waals surface area contributed by atoms with Gasteiger partial charge in [0, 0.05) is 10.9 Å². The summed E-state index contributed by atoms with van der Waals surface area (Å²) in [6.45, 7) is 2.22. The van der Waals surface area contributed by atoms with Gasteiger partial charge in [-0.25, -0.2) is 4.98 Å². The van der Waals surface area contributed by atoms with Gasteiger partial charge in [0.15, 0.2) is 0 Å². The number of nitrogens with zero attached hydrogens (tertiary/aromatic N) is 1. The van der Waals surface area contributed by atoms with Gasteiger partial charge in [-0.3, -0.25) is 9.59 Å². The lowest BCUT2D eigenvalue weighted by Gasteiger charge is -2.29. The van der Waals surface area contributed by atoms with Crippen molar-refractivity contribution in [1.82, 2.24) is 15.3 Å². The van der Waals surface area contributed by atoms with Gasteiger partial charge in [-0.2, -0.15) is 0 Å². The van der Waals surface area contributed by atoms with Gasteiger partial charge in [-0.05, 0) is 50.0 Å². The highest BCUT2D eigenvalue weighted by atomic mass is 32.2. The fraction of sp³-hybridized carbons (Fsp3) is 0.650. The molecule has 1 saturated carbocycles. The van der Waals surface area contributed by atoms with Gasteiger partial charge in [0.1, 0.15) is 10.7 Å². The second-order valence-corrected chi connectivity index (χ2v) is 9.90. The van der Waals surface area contributed by atoms with Gasteiger partial charge in [0.25, 0.3) is 5.56 Å². The van der Waals surface area contributed by atoms with Gasteiger partial charge in [-0.15, -0.1) is 23.1 Å². The maximum atomic E-state index is 12.6. The first-order valence-electron chi connectivity index (χ1n) is 10.0. The summed E-state index contributed by atoms with van der Waals surface area (Å²) in [5.41, 5.74) is 1.20. The molecule has 27 heavy (non-hydrogen) atoms. The molecule has 146 valence electrons. The third-order valence-electron chi connectivity index (χ3n) is 5.80. The van der Waals surface area contributed by atoms with Crippen LogP contribution in [-0.4, -0.2) is 27.7 Å². The number of thioether (sulfide) groups is 1. The number of aromatic nitrogens is 2. The fourth-order valence-corrected chi connectivity index (χ4v) is 6.28. The molecule has 0 spiro atoms. The Hall–Kier alpha value is -1.34. The van der Waals surface area contributed by atoms with Gasteiger partial charge in [-0.1, -0.05) is 19.8 Å². The number of nitrogens with one attached hydrogen (secondary N) is 2. The van der Waals surface area contributed by atoms with Crippen LogP contribution in [0.2, 0.25) is 0 Å². The molecule has 2 N–H and O–H groups in total. The lowest BCUT2D eigenvalue weighted by molar-refractivity contribution is -0.119. The van der Waals surface area contributed by atoms with E-state index >= 15 is 0 Å². The Kier molecular flexibility index (Phi) is 5.88. The maximum absolute atomic E-state index is 12.6. The highest BCUT2D eigenvalue weighted by Gasteiger charge is 2.23. The van der Waals surface area contributed by atoms with E-state index in [1.165, 1.54) is 47.9 Å². The summed E-state index contributed by atoms with van der Waals surface area (Å²) in [7, 11) is 0. The molecule has 5 nitrogen and oxygen atoms in total. The van der Waals surface area contributed by atoms with E-state index in [1.54, 1.807) is 11.3 Å². The topological polar surface area (TPSA) is 74.8 Å². The van der Waals surface area contributed by atoms with Gasteiger partial charge in [0.2, 0.25) is 5.91 Å². The normalized spacial score (nSPS) is 22.6. The number of thiophene rings is 1. The summed E-state index contributed by atoms with van der Waals surface area (Å²) in [6.07, 6.45) is 9.20. The van der Waals surface area contributed by atoms with Gasteiger partial charge in [0.05, 0.1) is 16.9 Å². The summed E-state index contributed by atoms with van der Waals surface area (Å²) in [5, 5.41) is 3.98. The number of fused-ring (bicyclic) bond motifs is 3. The Morgan fingerprint density at radius 1 is 1.26 bits per heavy atom. The standard InChI is InChI=1S/C20H27N3O2S2/c1-12-6-2-4-8-14(12)21-17(24)11-26-10-16-22-19(25)18-13-7-3-5-9-15(13)27-20(18)23-16/h12,14H,2-11H2,1H3,(H,21,24)(H,22,23,25)/t12-,14+/m0/s1. The quantitative estimate of drug-likeness (QED) is 0.794. The number of hydrogen-bond donors (Lipinski definition) is 2. The van der Waals surface area contributed by atoms with Crippen LogP contribution in [0.3, 0.4) is 0 Å². The van der Waals surface area contributed by atoms with E-state index in [4.69, 9.17) is 0 Å². The molecule has 2 aliphatic rings. The van der Waals surface area contributed by atoms with Crippen molar-refractivity contribution in [2.24, 2.45) is 5.92 Å². The number of H-pyrrole nitrogens is 1. The zero-order valence-corrected chi connectivity index (χ0v) is 17.4. The van der Waals surface area contributed by atoms with Crippen molar-refractivity contribution in [3.8, 4) is 0 Å². The molecule has 2 aromatic heterocycles. The van der Waals surface area contributed by atoms with Crippen LogP contribution in [-0.2, 0) is 23.4 Å². The average Bonchev–Trinajstić information content (AvgIpc) is 3.02. The average molecular weight is 406 g/mol. The Bertz CT molecular complexity index is 889. The summed E-state index contributed by atoms with van der Waals surface area (Å²) in [6, 6.07) is 0.318. The molecule has 0 unspecified atom stereocenters. The Balaban J connectivity index is 1.36. The van der Waals surface area contributed by atoms with Gasteiger partial charge >= 0.3 is 0 Å². The monoisotopic (exact) mass is 405 g/mol. The van der Waals surface area contributed by atoms with Crippen molar-refractivity contribution < 1.29 is 4.79 Å². The van der Waals surface area contributed by atoms with Crippen LogP contribution in [0.15, 0.2) is 4.79 Å². The maximum Gasteiger partial charge on any atom is 0.259 e. The van der Waals surface area contributed by atoms with E-state index < -0.39 is 0 Å². The largest absolute Gasteiger partial charge is 0.352 e. The summed E-state index contributed by atoms with van der Waals surface area (Å²) in [4.78, 5) is 34.6. The predicted octanol–water partition coefficient (Wildman–Crippen LogP) is 3.79. The highest BCUT2D eigenvalue weighted by molar-refractivity contribution is 7.99. The zero-order chi connectivity index (χ0) is 18.8. The number of carbonyl (C=O) groups excluding carboxylic acids is 1. The van der Waals surface area contributed by atoms with E-state index in [0.717, 1.165) is 35.9 Å². The molecule has 0 aromatic carbocycles. The molecule has 2 atom stereocenters. The molecule has 1 fully saturated rings. The van der Waals surface area contributed by atoms with Crippen LogP contribution in [0.5, 0.6) is 0 Å². The summed E-state index contributed by atoms with van der Waals surface area (Å²) >= 11 is 3.19. The summed E-state index contributed by atoms with van der Waals surface area (Å²) < 4.78 is 0. The van der Waals surface area contributed by atoms with E-state index in [9.17, 15) is 9.59 Å². The molecule has 2 aliphatic carbocycles. The van der Waals surface area contributed by atoms with E-state index in [-0.39, 0.29) is 11.5 Å². The van der Waals surface area contributed by atoms with Crippen molar-refractivity contribution in [2.45, 2.75) is 70.1 Å². The number of aromatic amines is 1. The minimum Gasteiger partial charge on any atom is -0.352 e. The highest BCUT2D eigenvalue weighted by Crippen LogP contribution is 2.33. The lowest BCUT2D eigenvalue weighted by Crippen LogP contribution is -2.41. The predicted molar refractivity (Wildman–Crippen MR) is 113 cm³/mol. The molecule has 0 radical (unpaired) electrons. The number of aryl methyl sites for hydroxylation is 2. The van der Waals surface area contributed by atoms with E-state index in [0.29, 0.717) is 29.3 Å². The van der Waals surface area contributed by atoms with Crippen molar-refractivity contribution in [3.05, 3.63) is 26.6 Å². The Labute approximate surface area is 167 Å². The third-order valence-corrected chi connectivity index (χ3v) is 7.93. The van der Waals surface area contributed by atoms with E-state index in [1.807, 2.05) is 0 Å². The summed E-state index contributed by atoms with van der Waals surface area (Å²) in [5.74, 6) is 2.30. The first-order chi connectivity index (χ1) is 13.1. The SMILES string of the molecule is C[C@H]1CCCC[C@H]1NC(=O)CSCc1nc2sc3c(c2c(=O)[nH]1)CCCC3. The van der Waals surface area contributed by atoms with Crippen LogP contribution in [0.25, 0.3) is 10.2 Å². The molecular weight excluding hydrogens is 378 g/mol. The van der Waals surface area contributed by atoms with Crippen LogP contribution in [0, 0.1) is 5.92 Å². The van der Waals surface area contributed by atoms with Crippen LogP contribution < -0.4 is 10.9 Å². The minimum atomic E-state index is -0.0181. The Morgan fingerprint density at radius 3 is 2.93 bits per heavy atom. The molecule has 0 saturated heterocycles. The number of amides is 1. The number of rotatable bonds is 5. The van der Waals surface area contributed by atoms with E-state index in [2.05, 4.69) is 22.2 Å². The van der Waals surface area contributed by atoms with Crippen molar-refractivity contribution in [1.29, 1.82) is 0 Å². The lowest BCUT2D eigenvalue weighted by atomic mass is 9.86. The molecule has 0 bridgehead atoms. The third kappa shape index (κ3) is 4.24. The molecule has 2 aromatic rings. The fourth-order valence-electron chi connectivity index (χ4n) is 4.30. The molecular formula is C20H27N3O2S2. The molecule has 0 aliphatic heterocycles. The first kappa shape index (κ1) is 19.0. The zero-order valence-electron chi connectivity index (χ0n) is 15.8. The Morgan fingerprint density at radius 2 is 2.07 bits per heavy atom. The molecule has 4 rings (SSSR count). The van der Waals surface area contributed by atoms with Crippen molar-refractivity contribution in [3.63, 3.8) is 0 Å². The van der Waals surface area contributed by atoms with Crippen LogP contribution >= 0.6 is 23.1 Å². The van der Waals surface area contributed by atoms with Crippen LogP contribution in [0.4, 0.5) is 0 Å². The number of carbonyl (C=O) groups is 1. The molecule has 7 heteroatoms. The smallest absolute Gasteiger partial charge is 0.259 e. The second kappa shape index (κ2) is 8.35. The van der Waals surface area contributed by atoms with Gasteiger partial charge < -0.3 is 10.3 Å². The van der Waals surface area contributed by atoms with Crippen molar-refractivity contribution in [2.75, 3.05) is 5.75 Å². The minimum absolute atomic E-state index is 0.0181. The second-order valence-electron chi connectivity index (χ2n) is 7.83. The first-order valence-corrected chi connectivity index (χ1v) is 12.0. The van der Waals surface area contributed by atoms with Crippen LogP contribution in [0.1, 0.15) is 61.7 Å². The molecule has 2 heterocycles.